The summed E-state index contributed by atoms with van der Waals surface area (Å²) >= 11 is 0. The molecular weight excluding hydrogens is 562 g/mol. The predicted molar refractivity (Wildman–Crippen MR) is 175 cm³/mol. The summed E-state index contributed by atoms with van der Waals surface area (Å²) in [6, 6.07) is -0.820. The van der Waals surface area contributed by atoms with Crippen molar-refractivity contribution in [1.29, 1.82) is 0 Å². The fourth-order valence-corrected chi connectivity index (χ4v) is 5.04. The minimum atomic E-state index is -1.57. The van der Waals surface area contributed by atoms with E-state index in [-0.39, 0.29) is 12.5 Å². The monoisotopic (exact) mass is 625 g/mol. The molecule has 1 amide bonds. The molecule has 0 bridgehead atoms. The van der Waals surface area contributed by atoms with Crippen molar-refractivity contribution < 1.29 is 39.8 Å². The summed E-state index contributed by atoms with van der Waals surface area (Å²) in [7, 11) is 0. The third-order valence-corrected chi connectivity index (χ3v) is 7.94. The molecule has 0 aromatic rings. The molecule has 0 aromatic heterocycles. The van der Waals surface area contributed by atoms with E-state index in [4.69, 9.17) is 9.47 Å². The highest BCUT2D eigenvalue weighted by atomic mass is 16.7. The van der Waals surface area contributed by atoms with Gasteiger partial charge in [-0.15, -0.1) is 0 Å². The highest BCUT2D eigenvalue weighted by Crippen LogP contribution is 2.22. The molecule has 1 saturated heterocycles. The average molecular weight is 626 g/mol. The average Bonchev–Trinajstić information content (AvgIpc) is 3.02. The van der Waals surface area contributed by atoms with E-state index >= 15 is 0 Å². The van der Waals surface area contributed by atoms with Crippen molar-refractivity contribution in [2.75, 3.05) is 13.2 Å². The Balaban J connectivity index is 2.54. The summed E-state index contributed by atoms with van der Waals surface area (Å²) in [5, 5.41) is 53.6. The van der Waals surface area contributed by atoms with Crippen LogP contribution in [0.4, 0.5) is 0 Å². The fourth-order valence-electron chi connectivity index (χ4n) is 5.04. The molecule has 1 aliphatic rings. The van der Waals surface area contributed by atoms with Gasteiger partial charge in [0, 0.05) is 6.42 Å². The van der Waals surface area contributed by atoms with Crippen molar-refractivity contribution in [3.8, 4) is 0 Å². The molecule has 44 heavy (non-hydrogen) atoms. The Hall–Kier alpha value is -1.59. The minimum absolute atomic E-state index is 0.204. The first-order chi connectivity index (χ1) is 21.3. The number of nitrogens with one attached hydrogen (secondary N) is 1. The second kappa shape index (κ2) is 26.6. The van der Waals surface area contributed by atoms with Gasteiger partial charge in [-0.25, -0.2) is 0 Å². The minimum Gasteiger partial charge on any atom is -0.394 e. The maximum Gasteiger partial charge on any atom is 0.220 e. The zero-order chi connectivity index (χ0) is 32.4. The van der Waals surface area contributed by atoms with E-state index < -0.39 is 49.5 Å². The van der Waals surface area contributed by atoms with Gasteiger partial charge in [0.25, 0.3) is 0 Å². The van der Waals surface area contributed by atoms with Crippen molar-refractivity contribution in [3.05, 3.63) is 36.5 Å². The molecule has 256 valence electrons. The number of rotatable bonds is 26. The second-order valence-electron chi connectivity index (χ2n) is 11.9. The number of hydrogen-bond donors (Lipinski definition) is 6. The van der Waals surface area contributed by atoms with Crippen LogP contribution in [0.25, 0.3) is 0 Å². The van der Waals surface area contributed by atoms with Gasteiger partial charge in [0.15, 0.2) is 6.29 Å². The zero-order valence-electron chi connectivity index (χ0n) is 27.4. The number of carbonyl (C=O) groups excluding carboxylic acids is 1. The Labute approximate surface area is 266 Å². The van der Waals surface area contributed by atoms with Crippen LogP contribution >= 0.6 is 0 Å². The number of allylic oxidation sites excluding steroid dienone is 5. The molecule has 0 aromatic carbocycles. The molecule has 7 atom stereocenters. The summed E-state index contributed by atoms with van der Waals surface area (Å²) in [5.74, 6) is -0.204. The first-order valence-corrected chi connectivity index (χ1v) is 17.2. The molecule has 1 fully saturated rings. The highest BCUT2D eigenvalue weighted by molar-refractivity contribution is 5.76. The number of amides is 1. The number of hydrogen-bond acceptors (Lipinski definition) is 8. The van der Waals surface area contributed by atoms with Gasteiger partial charge >= 0.3 is 0 Å². The Bertz CT molecular complexity index is 787. The highest BCUT2D eigenvalue weighted by Gasteiger charge is 2.44. The molecule has 1 aliphatic heterocycles. The molecule has 0 spiro atoms. The van der Waals surface area contributed by atoms with Crippen LogP contribution in [0.5, 0.6) is 0 Å². The topological polar surface area (TPSA) is 149 Å². The summed E-state index contributed by atoms with van der Waals surface area (Å²) in [6.07, 6.45) is 22.0. The van der Waals surface area contributed by atoms with Gasteiger partial charge in [-0.2, -0.15) is 0 Å². The van der Waals surface area contributed by atoms with Crippen LogP contribution < -0.4 is 5.32 Å². The van der Waals surface area contributed by atoms with E-state index in [1.54, 1.807) is 6.08 Å². The number of unbranched alkanes of at least 4 members (excludes halogenated alkanes) is 12. The van der Waals surface area contributed by atoms with E-state index in [0.29, 0.717) is 6.42 Å². The number of aliphatic hydroxyl groups is 5. The van der Waals surface area contributed by atoms with E-state index in [9.17, 15) is 30.3 Å². The van der Waals surface area contributed by atoms with Crippen molar-refractivity contribution in [1.82, 2.24) is 5.32 Å². The molecule has 9 nitrogen and oxygen atoms in total. The van der Waals surface area contributed by atoms with Crippen LogP contribution in [0.2, 0.25) is 0 Å². The van der Waals surface area contributed by atoms with E-state index in [2.05, 4.69) is 43.5 Å². The third kappa shape index (κ3) is 18.4. The first-order valence-electron chi connectivity index (χ1n) is 17.2. The maximum absolute atomic E-state index is 12.8. The normalized spacial score (nSPS) is 24.0. The van der Waals surface area contributed by atoms with Gasteiger partial charge in [-0.05, 0) is 57.8 Å². The van der Waals surface area contributed by atoms with Crippen LogP contribution in [0.3, 0.4) is 0 Å². The predicted octanol–water partition coefficient (Wildman–Crippen LogP) is 4.99. The number of aliphatic hydroxyl groups excluding tert-OH is 5. The molecule has 7 unspecified atom stereocenters. The van der Waals surface area contributed by atoms with Crippen molar-refractivity contribution in [2.45, 2.75) is 166 Å². The zero-order valence-corrected chi connectivity index (χ0v) is 27.4. The SMILES string of the molecule is CCCCC/C=C\CCCCCCCC(=O)NC(COC1OC(CO)C(O)C(O)C1O)C(O)/C=C/CC/C=C/CCCCC. The molecule has 0 saturated carbocycles. The van der Waals surface area contributed by atoms with E-state index in [0.717, 1.165) is 57.8 Å². The first kappa shape index (κ1) is 40.4. The van der Waals surface area contributed by atoms with Gasteiger partial charge < -0.3 is 40.3 Å². The van der Waals surface area contributed by atoms with E-state index in [1.165, 1.54) is 44.9 Å². The largest absolute Gasteiger partial charge is 0.394 e. The van der Waals surface area contributed by atoms with Crippen LogP contribution in [-0.4, -0.2) is 87.5 Å². The standard InChI is InChI=1S/C35H63NO8/c1-3-5-7-9-11-13-14-15-17-19-21-23-25-31(39)36-28(29(38)24-22-20-18-16-12-10-8-6-4-2)27-43-35-34(42)33(41)32(40)30(26-37)44-35/h11-13,16,22,24,28-30,32-35,37-38,40-42H,3-10,14-15,17-21,23,25-27H2,1-2H3,(H,36,39)/b13-11-,16-12+,24-22+. The summed E-state index contributed by atoms with van der Waals surface area (Å²) in [5.41, 5.74) is 0. The van der Waals surface area contributed by atoms with Gasteiger partial charge in [0.2, 0.25) is 5.91 Å². The van der Waals surface area contributed by atoms with Gasteiger partial charge in [0.05, 0.1) is 25.4 Å². The lowest BCUT2D eigenvalue weighted by atomic mass is 9.99. The van der Waals surface area contributed by atoms with Crippen molar-refractivity contribution in [2.24, 2.45) is 0 Å². The Morgan fingerprint density at radius 1 is 0.750 bits per heavy atom. The molecule has 0 aliphatic carbocycles. The van der Waals surface area contributed by atoms with Crippen LogP contribution in [0.1, 0.15) is 123 Å². The smallest absolute Gasteiger partial charge is 0.220 e. The lowest BCUT2D eigenvalue weighted by molar-refractivity contribution is -0.302. The summed E-state index contributed by atoms with van der Waals surface area (Å²) in [4.78, 5) is 12.8. The van der Waals surface area contributed by atoms with Crippen LogP contribution in [0.15, 0.2) is 36.5 Å². The number of carbonyl (C=O) groups is 1. The van der Waals surface area contributed by atoms with Gasteiger partial charge in [-0.3, -0.25) is 4.79 Å². The lowest BCUT2D eigenvalue weighted by Gasteiger charge is -2.40. The fraction of sp³-hybridized carbons (Fsp3) is 0.800. The molecule has 1 heterocycles. The maximum atomic E-state index is 12.8. The molecule has 0 radical (unpaired) electrons. The molecule has 1 rings (SSSR count). The van der Waals surface area contributed by atoms with Crippen LogP contribution in [-0.2, 0) is 14.3 Å². The van der Waals surface area contributed by atoms with Gasteiger partial charge in [-0.1, -0.05) is 95.2 Å². The summed E-state index contributed by atoms with van der Waals surface area (Å²) < 4.78 is 11.1. The Morgan fingerprint density at radius 2 is 1.30 bits per heavy atom. The van der Waals surface area contributed by atoms with Crippen LogP contribution in [0, 0.1) is 0 Å². The molecule has 9 heteroatoms. The van der Waals surface area contributed by atoms with Crippen molar-refractivity contribution in [3.63, 3.8) is 0 Å². The van der Waals surface area contributed by atoms with Gasteiger partial charge in [0.1, 0.15) is 24.4 Å². The Morgan fingerprint density at radius 3 is 1.91 bits per heavy atom. The number of ether oxygens (including phenoxy) is 2. The second-order valence-corrected chi connectivity index (χ2v) is 11.9. The lowest BCUT2D eigenvalue weighted by Crippen LogP contribution is -2.60. The quantitative estimate of drug-likeness (QED) is 0.0582. The summed E-state index contributed by atoms with van der Waals surface area (Å²) in [6.45, 7) is 3.62. The third-order valence-electron chi connectivity index (χ3n) is 7.94. The molecule has 6 N–H and O–H groups in total. The van der Waals surface area contributed by atoms with Crippen molar-refractivity contribution >= 4 is 5.91 Å². The Kier molecular flexibility index (Phi) is 24.5. The van der Waals surface area contributed by atoms with E-state index in [1.807, 2.05) is 6.08 Å². The molecular formula is C35H63NO8.